The van der Waals surface area contributed by atoms with Crippen LogP contribution in [0.1, 0.15) is 44.9 Å². The fourth-order valence-corrected chi connectivity index (χ4v) is 2.14. The van der Waals surface area contributed by atoms with E-state index in [9.17, 15) is 17.6 Å². The van der Waals surface area contributed by atoms with Crippen molar-refractivity contribution in [3.8, 4) is 0 Å². The van der Waals surface area contributed by atoms with Crippen LogP contribution in [0.4, 0.5) is 17.6 Å². The Morgan fingerprint density at radius 1 is 1.16 bits per heavy atom. The molecule has 6 heteroatoms. The van der Waals surface area contributed by atoms with Crippen LogP contribution in [0.2, 0.25) is 0 Å². The summed E-state index contributed by atoms with van der Waals surface area (Å²) in [5.74, 6) is -0.669. The van der Waals surface area contributed by atoms with Crippen molar-refractivity contribution in [2.75, 3.05) is 0 Å². The van der Waals surface area contributed by atoms with Gasteiger partial charge in [-0.1, -0.05) is 11.9 Å². The van der Waals surface area contributed by atoms with Gasteiger partial charge >= 0.3 is 6.18 Å². The smallest absolute Gasteiger partial charge is 0.256 e. The van der Waals surface area contributed by atoms with Crippen LogP contribution < -0.4 is 4.72 Å². The van der Waals surface area contributed by atoms with Gasteiger partial charge in [0.1, 0.15) is 5.82 Å². The highest BCUT2D eigenvalue weighted by Gasteiger charge is 2.34. The number of alkyl halides is 3. The standard InChI is InChI=1S/C13H17F4NS/c1-8(18-19-12(2,3)4)10-7-9(14)5-6-11(10)13(15,16)17/h5-8,18H,1-4H3. The van der Waals surface area contributed by atoms with Gasteiger partial charge in [0, 0.05) is 10.8 Å². The Morgan fingerprint density at radius 3 is 2.21 bits per heavy atom. The fraction of sp³-hybridized carbons (Fsp3) is 0.538. The normalized spacial score (nSPS) is 14.5. The maximum absolute atomic E-state index is 13.2. The molecule has 1 nitrogen and oxygen atoms in total. The Kier molecular flexibility index (Phi) is 4.90. The molecule has 1 atom stereocenters. The predicted molar refractivity (Wildman–Crippen MR) is 70.3 cm³/mol. The van der Waals surface area contributed by atoms with E-state index in [0.717, 1.165) is 18.2 Å². The van der Waals surface area contributed by atoms with E-state index in [2.05, 4.69) is 4.72 Å². The summed E-state index contributed by atoms with van der Waals surface area (Å²) in [6.07, 6.45) is -4.48. The number of hydrogen-bond acceptors (Lipinski definition) is 2. The number of hydrogen-bond donors (Lipinski definition) is 1. The molecule has 1 aromatic carbocycles. The van der Waals surface area contributed by atoms with Crippen LogP contribution in [0.3, 0.4) is 0 Å². The molecule has 0 radical (unpaired) electrons. The lowest BCUT2D eigenvalue weighted by Crippen LogP contribution is -2.22. The molecule has 0 fully saturated rings. The molecule has 0 heterocycles. The number of benzene rings is 1. The van der Waals surface area contributed by atoms with Gasteiger partial charge in [-0.15, -0.1) is 0 Å². The molecule has 0 saturated carbocycles. The first kappa shape index (κ1) is 16.3. The summed E-state index contributed by atoms with van der Waals surface area (Å²) < 4.78 is 54.5. The molecular formula is C13H17F4NS. The molecule has 0 aromatic heterocycles. The van der Waals surface area contributed by atoms with Gasteiger partial charge in [0.15, 0.2) is 0 Å². The molecule has 1 aromatic rings. The van der Waals surface area contributed by atoms with E-state index < -0.39 is 23.6 Å². The summed E-state index contributed by atoms with van der Waals surface area (Å²) in [5, 5.41) is 0. The Morgan fingerprint density at radius 2 is 1.74 bits per heavy atom. The lowest BCUT2D eigenvalue weighted by molar-refractivity contribution is -0.138. The second-order valence-corrected chi connectivity index (χ2v) is 6.95. The third-order valence-electron chi connectivity index (χ3n) is 2.33. The Balaban J connectivity index is 3.01. The zero-order valence-corrected chi connectivity index (χ0v) is 12.0. The third-order valence-corrected chi connectivity index (χ3v) is 3.41. The largest absolute Gasteiger partial charge is 0.416 e. The average Bonchev–Trinajstić information content (AvgIpc) is 2.23. The number of halogens is 4. The number of rotatable bonds is 3. The van der Waals surface area contributed by atoms with Gasteiger partial charge in [-0.05, 0) is 51.5 Å². The highest BCUT2D eigenvalue weighted by molar-refractivity contribution is 7.98. The molecule has 0 amide bonds. The van der Waals surface area contributed by atoms with Crippen molar-refractivity contribution in [3.63, 3.8) is 0 Å². The van der Waals surface area contributed by atoms with Crippen molar-refractivity contribution in [1.29, 1.82) is 0 Å². The van der Waals surface area contributed by atoms with Crippen molar-refractivity contribution in [2.45, 2.75) is 44.7 Å². The lowest BCUT2D eigenvalue weighted by atomic mass is 10.0. The first-order valence-corrected chi connectivity index (χ1v) is 6.62. The molecule has 0 aliphatic heterocycles. The Labute approximate surface area is 114 Å². The van der Waals surface area contributed by atoms with Crippen molar-refractivity contribution in [3.05, 3.63) is 35.1 Å². The topological polar surface area (TPSA) is 12.0 Å². The van der Waals surface area contributed by atoms with Crippen molar-refractivity contribution in [1.82, 2.24) is 4.72 Å². The van der Waals surface area contributed by atoms with E-state index >= 15 is 0 Å². The van der Waals surface area contributed by atoms with Gasteiger partial charge in [-0.25, -0.2) is 4.39 Å². The van der Waals surface area contributed by atoms with Crippen LogP contribution in [0, 0.1) is 5.82 Å². The molecule has 19 heavy (non-hydrogen) atoms. The van der Waals surface area contributed by atoms with Crippen LogP contribution in [0.5, 0.6) is 0 Å². The van der Waals surface area contributed by atoms with Gasteiger partial charge in [0.25, 0.3) is 0 Å². The monoisotopic (exact) mass is 295 g/mol. The second kappa shape index (κ2) is 5.71. The third kappa shape index (κ3) is 5.03. The molecule has 0 aliphatic carbocycles. The van der Waals surface area contributed by atoms with Crippen molar-refractivity contribution in [2.24, 2.45) is 0 Å². The summed E-state index contributed by atoms with van der Waals surface area (Å²) in [6, 6.07) is 1.95. The highest BCUT2D eigenvalue weighted by atomic mass is 32.2. The van der Waals surface area contributed by atoms with E-state index in [4.69, 9.17) is 0 Å². The molecule has 1 unspecified atom stereocenters. The lowest BCUT2D eigenvalue weighted by Gasteiger charge is -2.24. The zero-order chi connectivity index (χ0) is 14.8. The van der Waals surface area contributed by atoms with E-state index in [0.29, 0.717) is 0 Å². The van der Waals surface area contributed by atoms with Gasteiger partial charge in [-0.2, -0.15) is 13.2 Å². The molecule has 1 N–H and O–H groups in total. The van der Waals surface area contributed by atoms with Crippen molar-refractivity contribution < 1.29 is 17.6 Å². The van der Waals surface area contributed by atoms with Gasteiger partial charge in [-0.3, -0.25) is 4.72 Å². The first-order valence-electron chi connectivity index (χ1n) is 5.81. The average molecular weight is 295 g/mol. The molecular weight excluding hydrogens is 278 g/mol. The summed E-state index contributed by atoms with van der Waals surface area (Å²) in [5.41, 5.74) is -0.882. The molecule has 0 aliphatic rings. The summed E-state index contributed by atoms with van der Waals surface area (Å²) in [7, 11) is 0. The van der Waals surface area contributed by atoms with E-state index in [1.165, 1.54) is 11.9 Å². The summed E-state index contributed by atoms with van der Waals surface area (Å²) in [6.45, 7) is 7.40. The first-order chi connectivity index (χ1) is 8.50. The Hall–Kier alpha value is -0.750. The zero-order valence-electron chi connectivity index (χ0n) is 11.2. The SMILES string of the molecule is CC(NSC(C)(C)C)c1cc(F)ccc1C(F)(F)F. The molecule has 0 spiro atoms. The van der Waals surface area contributed by atoms with Crippen LogP contribution in [-0.2, 0) is 6.18 Å². The second-order valence-electron chi connectivity index (χ2n) is 5.28. The van der Waals surface area contributed by atoms with Crippen molar-refractivity contribution >= 4 is 11.9 Å². The minimum atomic E-state index is -4.48. The van der Waals surface area contributed by atoms with Gasteiger partial charge < -0.3 is 0 Å². The van der Waals surface area contributed by atoms with E-state index in [1.807, 2.05) is 20.8 Å². The highest BCUT2D eigenvalue weighted by Crippen LogP contribution is 2.36. The van der Waals surface area contributed by atoms with Crippen LogP contribution in [-0.4, -0.2) is 4.75 Å². The van der Waals surface area contributed by atoms with E-state index in [1.54, 1.807) is 6.92 Å². The van der Waals surface area contributed by atoms with E-state index in [-0.39, 0.29) is 10.3 Å². The predicted octanol–water partition coefficient (Wildman–Crippen LogP) is 4.94. The molecule has 108 valence electrons. The molecule has 0 saturated heterocycles. The van der Waals surface area contributed by atoms with Gasteiger partial charge in [0.2, 0.25) is 0 Å². The Bertz CT molecular complexity index is 437. The minimum Gasteiger partial charge on any atom is -0.256 e. The van der Waals surface area contributed by atoms with Crippen LogP contribution >= 0.6 is 11.9 Å². The summed E-state index contributed by atoms with van der Waals surface area (Å²) in [4.78, 5) is 0. The quantitative estimate of drug-likeness (QED) is 0.626. The van der Waals surface area contributed by atoms with Crippen LogP contribution in [0.25, 0.3) is 0 Å². The molecule has 0 bridgehead atoms. The maximum Gasteiger partial charge on any atom is 0.416 e. The van der Waals surface area contributed by atoms with Crippen LogP contribution in [0.15, 0.2) is 18.2 Å². The van der Waals surface area contributed by atoms with Gasteiger partial charge in [0.05, 0.1) is 5.56 Å². The minimum absolute atomic E-state index is 0.0794. The maximum atomic E-state index is 13.2. The number of nitrogens with one attached hydrogen (secondary N) is 1. The summed E-state index contributed by atoms with van der Waals surface area (Å²) >= 11 is 1.32. The fourth-order valence-electron chi connectivity index (χ4n) is 1.48. The molecule has 1 rings (SSSR count).